The Balaban J connectivity index is 1.83. The molecule has 0 aromatic carbocycles. The third-order valence-electron chi connectivity index (χ3n) is 3.19. The SMILES string of the molecule is CC(CCC(=O)O)NC(=O)c1ccc(NC(=O)C2CC2)s1. The van der Waals surface area contributed by atoms with Crippen LogP contribution in [0.15, 0.2) is 12.1 Å². The number of nitrogens with one attached hydrogen (secondary N) is 2. The molecule has 0 bridgehead atoms. The van der Waals surface area contributed by atoms with Gasteiger partial charge in [-0.3, -0.25) is 14.4 Å². The van der Waals surface area contributed by atoms with Gasteiger partial charge in [0, 0.05) is 18.4 Å². The van der Waals surface area contributed by atoms with E-state index in [1.165, 1.54) is 11.3 Å². The van der Waals surface area contributed by atoms with E-state index in [0.717, 1.165) is 12.8 Å². The van der Waals surface area contributed by atoms with Crippen molar-refractivity contribution in [3.05, 3.63) is 17.0 Å². The van der Waals surface area contributed by atoms with E-state index >= 15 is 0 Å². The summed E-state index contributed by atoms with van der Waals surface area (Å²) < 4.78 is 0. The first-order valence-electron chi connectivity index (χ1n) is 6.89. The molecule has 6 nitrogen and oxygen atoms in total. The molecule has 1 heterocycles. The maximum Gasteiger partial charge on any atom is 0.303 e. The highest BCUT2D eigenvalue weighted by atomic mass is 32.1. The molecule has 1 aliphatic rings. The second-order valence-corrected chi connectivity index (χ2v) is 6.32. The predicted octanol–water partition coefficient (Wildman–Crippen LogP) is 2.08. The monoisotopic (exact) mass is 310 g/mol. The van der Waals surface area contributed by atoms with Gasteiger partial charge in [-0.05, 0) is 38.3 Å². The van der Waals surface area contributed by atoms with Gasteiger partial charge in [0.1, 0.15) is 0 Å². The lowest BCUT2D eigenvalue weighted by Crippen LogP contribution is -2.32. The number of carbonyl (C=O) groups is 3. The van der Waals surface area contributed by atoms with Gasteiger partial charge in [-0.25, -0.2) is 0 Å². The van der Waals surface area contributed by atoms with E-state index in [-0.39, 0.29) is 30.2 Å². The molecule has 21 heavy (non-hydrogen) atoms. The molecule has 1 saturated carbocycles. The number of carboxylic acids is 1. The van der Waals surface area contributed by atoms with E-state index in [0.29, 0.717) is 16.3 Å². The second kappa shape index (κ2) is 6.71. The molecular formula is C14H18N2O4S. The summed E-state index contributed by atoms with van der Waals surface area (Å²) >= 11 is 1.22. The molecule has 1 atom stereocenters. The van der Waals surface area contributed by atoms with Crippen LogP contribution >= 0.6 is 11.3 Å². The van der Waals surface area contributed by atoms with E-state index in [1.807, 2.05) is 0 Å². The number of anilines is 1. The molecule has 1 unspecified atom stereocenters. The number of hydrogen-bond acceptors (Lipinski definition) is 4. The van der Waals surface area contributed by atoms with E-state index < -0.39 is 5.97 Å². The quantitative estimate of drug-likeness (QED) is 0.718. The minimum absolute atomic E-state index is 0.0126. The van der Waals surface area contributed by atoms with Crippen LogP contribution in [0, 0.1) is 5.92 Å². The molecule has 0 radical (unpaired) electrons. The van der Waals surface area contributed by atoms with Crippen LogP contribution in [0.25, 0.3) is 0 Å². The second-order valence-electron chi connectivity index (χ2n) is 5.23. The van der Waals surface area contributed by atoms with Crippen LogP contribution in [0.4, 0.5) is 5.00 Å². The maximum absolute atomic E-state index is 12.0. The molecule has 1 aromatic rings. The molecule has 2 rings (SSSR count). The molecule has 114 valence electrons. The largest absolute Gasteiger partial charge is 0.481 e. The molecule has 7 heteroatoms. The zero-order chi connectivity index (χ0) is 15.4. The van der Waals surface area contributed by atoms with Crippen molar-refractivity contribution in [3.63, 3.8) is 0 Å². The maximum atomic E-state index is 12.0. The summed E-state index contributed by atoms with van der Waals surface area (Å²) in [6, 6.07) is 3.16. The average molecular weight is 310 g/mol. The fourth-order valence-electron chi connectivity index (χ4n) is 1.80. The highest BCUT2D eigenvalue weighted by Crippen LogP contribution is 2.31. The van der Waals surface area contributed by atoms with E-state index in [1.54, 1.807) is 19.1 Å². The van der Waals surface area contributed by atoms with Crippen LogP contribution in [-0.2, 0) is 9.59 Å². The Morgan fingerprint density at radius 2 is 2.10 bits per heavy atom. The Morgan fingerprint density at radius 3 is 2.71 bits per heavy atom. The molecule has 1 fully saturated rings. The minimum Gasteiger partial charge on any atom is -0.481 e. The third-order valence-corrected chi connectivity index (χ3v) is 4.19. The first-order valence-corrected chi connectivity index (χ1v) is 7.70. The molecule has 0 spiro atoms. The average Bonchev–Trinajstić information content (AvgIpc) is 3.17. The summed E-state index contributed by atoms with van der Waals surface area (Å²) in [7, 11) is 0. The van der Waals surface area contributed by atoms with Crippen LogP contribution in [0.1, 0.15) is 42.3 Å². The normalized spacial score (nSPS) is 15.3. The van der Waals surface area contributed by atoms with Crippen molar-refractivity contribution in [2.24, 2.45) is 5.92 Å². The Kier molecular flexibility index (Phi) is 4.95. The van der Waals surface area contributed by atoms with Gasteiger partial charge in [-0.2, -0.15) is 0 Å². The van der Waals surface area contributed by atoms with Crippen molar-refractivity contribution in [2.45, 2.75) is 38.6 Å². The van der Waals surface area contributed by atoms with Crippen molar-refractivity contribution in [2.75, 3.05) is 5.32 Å². The fraction of sp³-hybridized carbons (Fsp3) is 0.500. The Bertz CT molecular complexity index is 551. The Morgan fingerprint density at radius 1 is 1.38 bits per heavy atom. The highest BCUT2D eigenvalue weighted by Gasteiger charge is 2.29. The van der Waals surface area contributed by atoms with Gasteiger partial charge in [-0.1, -0.05) is 0 Å². The van der Waals surface area contributed by atoms with Gasteiger partial charge in [-0.15, -0.1) is 11.3 Å². The van der Waals surface area contributed by atoms with Crippen LogP contribution in [-0.4, -0.2) is 28.9 Å². The Hall–Kier alpha value is -1.89. The van der Waals surface area contributed by atoms with Gasteiger partial charge < -0.3 is 15.7 Å². The van der Waals surface area contributed by atoms with E-state index in [2.05, 4.69) is 10.6 Å². The standard InChI is InChI=1S/C14H18N2O4S/c1-8(2-7-12(17)18)15-14(20)10-5-6-11(21-10)16-13(19)9-3-4-9/h5-6,8-9H,2-4,7H2,1H3,(H,15,20)(H,16,19)(H,17,18). The van der Waals surface area contributed by atoms with Crippen LogP contribution in [0.3, 0.4) is 0 Å². The lowest BCUT2D eigenvalue weighted by molar-refractivity contribution is -0.137. The summed E-state index contributed by atoms with van der Waals surface area (Å²) in [6.07, 6.45) is 2.28. The molecular weight excluding hydrogens is 292 g/mol. The van der Waals surface area contributed by atoms with E-state index in [9.17, 15) is 14.4 Å². The zero-order valence-electron chi connectivity index (χ0n) is 11.7. The number of aliphatic carboxylic acids is 1. The van der Waals surface area contributed by atoms with Crippen LogP contribution in [0.5, 0.6) is 0 Å². The number of hydrogen-bond donors (Lipinski definition) is 3. The van der Waals surface area contributed by atoms with Gasteiger partial charge >= 0.3 is 5.97 Å². The van der Waals surface area contributed by atoms with Gasteiger partial charge in [0.15, 0.2) is 0 Å². The summed E-state index contributed by atoms with van der Waals surface area (Å²) in [5.74, 6) is -0.985. The smallest absolute Gasteiger partial charge is 0.303 e. The van der Waals surface area contributed by atoms with Crippen molar-refractivity contribution in [1.29, 1.82) is 0 Å². The van der Waals surface area contributed by atoms with Crippen molar-refractivity contribution < 1.29 is 19.5 Å². The number of carbonyl (C=O) groups excluding carboxylic acids is 2. The molecule has 3 N–H and O–H groups in total. The lowest BCUT2D eigenvalue weighted by Gasteiger charge is -2.11. The summed E-state index contributed by atoms with van der Waals surface area (Å²) in [5.41, 5.74) is 0. The summed E-state index contributed by atoms with van der Waals surface area (Å²) in [4.78, 5) is 34.6. The van der Waals surface area contributed by atoms with Gasteiger partial charge in [0.25, 0.3) is 5.91 Å². The highest BCUT2D eigenvalue weighted by molar-refractivity contribution is 7.18. The zero-order valence-corrected chi connectivity index (χ0v) is 12.5. The number of rotatable bonds is 7. The van der Waals surface area contributed by atoms with Crippen LogP contribution < -0.4 is 10.6 Å². The van der Waals surface area contributed by atoms with Crippen molar-refractivity contribution in [1.82, 2.24) is 5.32 Å². The van der Waals surface area contributed by atoms with Crippen molar-refractivity contribution >= 4 is 34.1 Å². The lowest BCUT2D eigenvalue weighted by atomic mass is 10.2. The molecule has 1 aliphatic carbocycles. The number of carboxylic acid groups (broad SMARTS) is 1. The predicted molar refractivity (Wildman–Crippen MR) is 79.5 cm³/mol. The van der Waals surface area contributed by atoms with Crippen LogP contribution in [0.2, 0.25) is 0 Å². The number of amides is 2. The van der Waals surface area contributed by atoms with Crippen molar-refractivity contribution in [3.8, 4) is 0 Å². The molecule has 0 aliphatic heterocycles. The minimum atomic E-state index is -0.878. The first kappa shape index (κ1) is 15.5. The topological polar surface area (TPSA) is 95.5 Å². The molecule has 1 aromatic heterocycles. The summed E-state index contributed by atoms with van der Waals surface area (Å²) in [6.45, 7) is 1.77. The molecule has 0 saturated heterocycles. The van der Waals surface area contributed by atoms with E-state index in [4.69, 9.17) is 5.11 Å². The first-order chi connectivity index (χ1) is 9.95. The van der Waals surface area contributed by atoms with Gasteiger partial charge in [0.05, 0.1) is 9.88 Å². The third kappa shape index (κ3) is 4.86. The Labute approximate surface area is 126 Å². The number of thiophene rings is 1. The molecule has 2 amide bonds. The summed E-state index contributed by atoms with van der Waals surface area (Å²) in [5, 5.41) is 14.8. The van der Waals surface area contributed by atoms with Gasteiger partial charge in [0.2, 0.25) is 5.91 Å². The fourth-order valence-corrected chi connectivity index (χ4v) is 2.62.